The van der Waals surface area contributed by atoms with Gasteiger partial charge in [-0.25, -0.2) is 4.57 Å². The highest BCUT2D eigenvalue weighted by Crippen LogP contribution is 2.35. The summed E-state index contributed by atoms with van der Waals surface area (Å²) in [5.41, 5.74) is 0. The van der Waals surface area contributed by atoms with Gasteiger partial charge < -0.3 is 19.6 Å². The minimum Gasteiger partial charge on any atom is -0.463 e. The SMILES string of the molecule is CCCCCC/C=C/CCCCCCCC(=O)OC[C@H](O)COP(=O)(O)O. The lowest BCUT2D eigenvalue weighted by molar-refractivity contribution is -0.147. The zero-order valence-electron chi connectivity index (χ0n) is 16.6. The molecule has 0 aromatic rings. The van der Waals surface area contributed by atoms with E-state index >= 15 is 0 Å². The quantitative estimate of drug-likeness (QED) is 0.134. The number of carbonyl (C=O) groups is 1. The smallest absolute Gasteiger partial charge is 0.463 e. The van der Waals surface area contributed by atoms with Crippen molar-refractivity contribution in [2.24, 2.45) is 0 Å². The van der Waals surface area contributed by atoms with E-state index in [1.165, 1.54) is 38.5 Å². The molecule has 0 aromatic heterocycles. The van der Waals surface area contributed by atoms with E-state index in [1.807, 2.05) is 0 Å². The molecule has 0 aromatic carbocycles. The Morgan fingerprint density at radius 2 is 1.48 bits per heavy atom. The first-order valence-corrected chi connectivity index (χ1v) is 11.6. The molecule has 0 amide bonds. The molecule has 3 N–H and O–H groups in total. The number of phosphoric acid groups is 1. The van der Waals surface area contributed by atoms with Crippen molar-refractivity contribution in [1.29, 1.82) is 0 Å². The molecule has 0 heterocycles. The molecule has 0 aliphatic rings. The molecule has 0 unspecified atom stereocenters. The fraction of sp³-hybridized carbons (Fsp3) is 0.842. The molecule has 1 atom stereocenters. The molecule has 160 valence electrons. The minimum atomic E-state index is -4.62. The molecular weight excluding hydrogens is 371 g/mol. The van der Waals surface area contributed by atoms with Crippen molar-refractivity contribution in [2.75, 3.05) is 13.2 Å². The molecule has 0 radical (unpaired) electrons. The Bertz CT molecular complexity index is 434. The Hall–Kier alpha value is -0.720. The van der Waals surface area contributed by atoms with Gasteiger partial charge in [0.2, 0.25) is 0 Å². The van der Waals surface area contributed by atoms with Crippen molar-refractivity contribution in [1.82, 2.24) is 0 Å². The Morgan fingerprint density at radius 3 is 2.07 bits per heavy atom. The number of allylic oxidation sites excluding steroid dienone is 2. The number of phosphoric ester groups is 1. The number of unbranched alkanes of at least 4 members (excludes halogenated alkanes) is 9. The lowest BCUT2D eigenvalue weighted by Gasteiger charge is -2.12. The summed E-state index contributed by atoms with van der Waals surface area (Å²) in [6.45, 7) is 1.31. The number of carbonyl (C=O) groups excluding carboxylic acids is 1. The predicted octanol–water partition coefficient (Wildman–Crippen LogP) is 4.26. The second-order valence-corrected chi connectivity index (χ2v) is 7.99. The number of aliphatic hydroxyl groups is 1. The van der Waals surface area contributed by atoms with Crippen LogP contribution in [0.3, 0.4) is 0 Å². The van der Waals surface area contributed by atoms with Crippen LogP contribution in [-0.2, 0) is 18.6 Å². The average Bonchev–Trinajstić information content (AvgIpc) is 2.61. The Labute approximate surface area is 163 Å². The van der Waals surface area contributed by atoms with Crippen LogP contribution in [0, 0.1) is 0 Å². The number of rotatable bonds is 18. The maximum absolute atomic E-state index is 11.5. The lowest BCUT2D eigenvalue weighted by atomic mass is 10.1. The number of ether oxygens (including phenoxy) is 1. The minimum absolute atomic E-state index is 0.281. The third kappa shape index (κ3) is 21.4. The van der Waals surface area contributed by atoms with Crippen molar-refractivity contribution >= 4 is 13.8 Å². The van der Waals surface area contributed by atoms with Crippen LogP contribution in [0.15, 0.2) is 12.2 Å². The highest BCUT2D eigenvalue weighted by molar-refractivity contribution is 7.46. The molecule has 0 aliphatic carbocycles. The van der Waals surface area contributed by atoms with E-state index in [1.54, 1.807) is 0 Å². The van der Waals surface area contributed by atoms with Crippen molar-refractivity contribution in [3.8, 4) is 0 Å². The Morgan fingerprint density at radius 1 is 0.926 bits per heavy atom. The highest BCUT2D eigenvalue weighted by atomic mass is 31.2. The molecular formula is C19H37O7P. The van der Waals surface area contributed by atoms with Gasteiger partial charge in [0.05, 0.1) is 6.61 Å². The monoisotopic (exact) mass is 408 g/mol. The molecule has 0 saturated heterocycles. The van der Waals surface area contributed by atoms with Crippen molar-refractivity contribution in [3.05, 3.63) is 12.2 Å². The van der Waals surface area contributed by atoms with Gasteiger partial charge in [-0.3, -0.25) is 9.32 Å². The van der Waals surface area contributed by atoms with Gasteiger partial charge >= 0.3 is 13.8 Å². The third-order valence-electron chi connectivity index (χ3n) is 4.01. The maximum atomic E-state index is 11.5. The Balaban J connectivity index is 3.41. The van der Waals surface area contributed by atoms with Crippen LogP contribution in [0.5, 0.6) is 0 Å². The first kappa shape index (κ1) is 26.3. The molecule has 7 nitrogen and oxygen atoms in total. The van der Waals surface area contributed by atoms with Gasteiger partial charge in [0.15, 0.2) is 0 Å². The maximum Gasteiger partial charge on any atom is 0.469 e. The number of aliphatic hydroxyl groups excluding tert-OH is 1. The van der Waals surface area contributed by atoms with Gasteiger partial charge in [0.1, 0.15) is 12.7 Å². The summed E-state index contributed by atoms with van der Waals surface area (Å²) in [5, 5.41) is 9.39. The summed E-state index contributed by atoms with van der Waals surface area (Å²) in [5.74, 6) is -0.420. The molecule has 0 bridgehead atoms. The number of esters is 1. The topological polar surface area (TPSA) is 113 Å². The van der Waals surface area contributed by atoms with Crippen molar-refractivity contribution < 1.29 is 33.5 Å². The normalized spacial score (nSPS) is 13.2. The first-order valence-electron chi connectivity index (χ1n) is 10.0. The van der Waals surface area contributed by atoms with Gasteiger partial charge in [-0.05, 0) is 32.1 Å². The van der Waals surface area contributed by atoms with Crippen molar-refractivity contribution in [3.63, 3.8) is 0 Å². The van der Waals surface area contributed by atoms with Gasteiger partial charge in [-0.15, -0.1) is 0 Å². The van der Waals surface area contributed by atoms with Gasteiger partial charge in [0, 0.05) is 6.42 Å². The number of hydrogen-bond acceptors (Lipinski definition) is 5. The average molecular weight is 408 g/mol. The molecule has 27 heavy (non-hydrogen) atoms. The van der Waals surface area contributed by atoms with Gasteiger partial charge in [-0.1, -0.05) is 57.6 Å². The summed E-state index contributed by atoms with van der Waals surface area (Å²) < 4.78 is 19.4. The van der Waals surface area contributed by atoms with Gasteiger partial charge in [0.25, 0.3) is 0 Å². The largest absolute Gasteiger partial charge is 0.469 e. The van der Waals surface area contributed by atoms with E-state index in [0.717, 1.165) is 32.1 Å². The summed E-state index contributed by atoms with van der Waals surface area (Å²) in [4.78, 5) is 28.5. The van der Waals surface area contributed by atoms with Gasteiger partial charge in [-0.2, -0.15) is 0 Å². The van der Waals surface area contributed by atoms with E-state index in [9.17, 15) is 14.5 Å². The van der Waals surface area contributed by atoms with Crippen LogP contribution in [0.1, 0.15) is 84.0 Å². The summed E-state index contributed by atoms with van der Waals surface area (Å²) in [7, 11) is -4.62. The van der Waals surface area contributed by atoms with E-state index in [4.69, 9.17) is 14.5 Å². The molecule has 0 aliphatic heterocycles. The molecule has 0 saturated carbocycles. The van der Waals surface area contributed by atoms with Crippen LogP contribution < -0.4 is 0 Å². The van der Waals surface area contributed by atoms with E-state index < -0.39 is 26.5 Å². The molecule has 0 rings (SSSR count). The number of hydrogen-bond donors (Lipinski definition) is 3. The second-order valence-electron chi connectivity index (χ2n) is 6.75. The van der Waals surface area contributed by atoms with Crippen LogP contribution in [0.4, 0.5) is 0 Å². The van der Waals surface area contributed by atoms with Crippen LogP contribution in [0.25, 0.3) is 0 Å². The van der Waals surface area contributed by atoms with Crippen LogP contribution in [-0.4, -0.2) is 40.2 Å². The highest BCUT2D eigenvalue weighted by Gasteiger charge is 2.17. The van der Waals surface area contributed by atoms with E-state index in [-0.39, 0.29) is 13.0 Å². The summed E-state index contributed by atoms with van der Waals surface area (Å²) in [6.07, 6.45) is 16.2. The summed E-state index contributed by atoms with van der Waals surface area (Å²) in [6, 6.07) is 0. The molecule has 0 spiro atoms. The van der Waals surface area contributed by atoms with Crippen molar-refractivity contribution in [2.45, 2.75) is 90.1 Å². The third-order valence-corrected chi connectivity index (χ3v) is 4.50. The zero-order valence-corrected chi connectivity index (χ0v) is 17.4. The van der Waals surface area contributed by atoms with Crippen LogP contribution >= 0.6 is 7.82 Å². The van der Waals surface area contributed by atoms with Crippen LogP contribution in [0.2, 0.25) is 0 Å². The Kier molecular flexibility index (Phi) is 16.9. The molecule has 0 fully saturated rings. The fourth-order valence-corrected chi connectivity index (χ4v) is 2.85. The second kappa shape index (κ2) is 17.4. The van der Waals surface area contributed by atoms with E-state index in [0.29, 0.717) is 0 Å². The first-order chi connectivity index (χ1) is 12.8. The summed E-state index contributed by atoms with van der Waals surface area (Å²) >= 11 is 0. The zero-order chi connectivity index (χ0) is 20.4. The van der Waals surface area contributed by atoms with E-state index in [2.05, 4.69) is 23.6 Å². The lowest BCUT2D eigenvalue weighted by Crippen LogP contribution is -2.23. The standard InChI is InChI=1S/C19H37O7P/c1-2-3-4-5-6-7-8-9-10-11-12-13-14-15-19(21)25-16-18(20)17-26-27(22,23)24/h7-8,18,20H,2-6,9-17H2,1H3,(H2,22,23,24)/b8-7+/t18-/m0/s1. The predicted molar refractivity (Wildman–Crippen MR) is 105 cm³/mol. The fourth-order valence-electron chi connectivity index (χ4n) is 2.48. The molecule has 8 heteroatoms.